The van der Waals surface area contributed by atoms with E-state index < -0.39 is 0 Å². The Bertz CT molecular complexity index is 1480. The van der Waals surface area contributed by atoms with Gasteiger partial charge in [-0.25, -0.2) is 0 Å². The summed E-state index contributed by atoms with van der Waals surface area (Å²) in [6, 6.07) is 18.8. The molecule has 2 fully saturated rings. The van der Waals surface area contributed by atoms with Gasteiger partial charge in [-0.3, -0.25) is 0 Å². The number of benzene rings is 2. The fraction of sp³-hybridized carbons (Fsp3) is 0.514. The van der Waals surface area contributed by atoms with Crippen molar-refractivity contribution in [2.45, 2.75) is 64.1 Å². The molecule has 0 radical (unpaired) electrons. The molecule has 2 aliphatic heterocycles. The van der Waals surface area contributed by atoms with Crippen molar-refractivity contribution in [2.75, 3.05) is 56.7 Å². The van der Waals surface area contributed by atoms with Crippen molar-refractivity contribution in [3.05, 3.63) is 66.0 Å². The molecule has 3 unspecified atom stereocenters. The van der Waals surface area contributed by atoms with Crippen molar-refractivity contribution < 1.29 is 4.74 Å². The first-order valence-corrected chi connectivity index (χ1v) is 16.0. The molecule has 226 valence electrons. The highest BCUT2D eigenvalue weighted by atomic mass is 16.5. The molecule has 1 saturated heterocycles. The second-order valence-corrected chi connectivity index (χ2v) is 12.5. The predicted octanol–water partition coefficient (Wildman–Crippen LogP) is 5.63. The van der Waals surface area contributed by atoms with Crippen LogP contribution in [0.5, 0.6) is 6.01 Å². The highest BCUT2D eigenvalue weighted by molar-refractivity contribution is 5.94. The second-order valence-electron chi connectivity index (χ2n) is 12.5. The first-order chi connectivity index (χ1) is 21.1. The normalized spacial score (nSPS) is 22.4. The van der Waals surface area contributed by atoms with E-state index in [1.54, 1.807) is 0 Å². The number of piperazine rings is 1. The summed E-state index contributed by atoms with van der Waals surface area (Å²) in [5.74, 6) is 1.65. The minimum Gasteiger partial charge on any atom is -0.463 e. The van der Waals surface area contributed by atoms with Gasteiger partial charge in [0.1, 0.15) is 5.82 Å². The number of anilines is 2. The van der Waals surface area contributed by atoms with Crippen molar-refractivity contribution in [2.24, 2.45) is 5.92 Å². The Morgan fingerprint density at radius 1 is 1.05 bits per heavy atom. The summed E-state index contributed by atoms with van der Waals surface area (Å²) in [5, 5.41) is 12.1. The van der Waals surface area contributed by atoms with E-state index in [1.807, 2.05) is 6.92 Å². The van der Waals surface area contributed by atoms with Crippen molar-refractivity contribution in [3.8, 4) is 12.1 Å². The molecular formula is C35H45N7O. The smallest absolute Gasteiger partial charge is 0.318 e. The quantitative estimate of drug-likeness (QED) is 0.323. The molecule has 0 spiro atoms. The molecule has 1 saturated carbocycles. The van der Waals surface area contributed by atoms with E-state index in [9.17, 15) is 5.26 Å². The van der Waals surface area contributed by atoms with Crippen LogP contribution in [0.3, 0.4) is 0 Å². The van der Waals surface area contributed by atoms with E-state index in [0.717, 1.165) is 57.1 Å². The molecule has 0 N–H and O–H groups in total. The van der Waals surface area contributed by atoms with Gasteiger partial charge in [-0.2, -0.15) is 15.2 Å². The Labute approximate surface area is 256 Å². The van der Waals surface area contributed by atoms with Crippen LogP contribution in [0.1, 0.15) is 50.3 Å². The van der Waals surface area contributed by atoms with Gasteiger partial charge < -0.3 is 24.3 Å². The van der Waals surface area contributed by atoms with E-state index in [0.29, 0.717) is 31.0 Å². The van der Waals surface area contributed by atoms with Crippen molar-refractivity contribution in [1.29, 1.82) is 5.26 Å². The zero-order valence-electron chi connectivity index (χ0n) is 26.0. The van der Waals surface area contributed by atoms with E-state index >= 15 is 0 Å². The minimum atomic E-state index is 0.131. The zero-order chi connectivity index (χ0) is 29.8. The maximum absolute atomic E-state index is 9.58. The van der Waals surface area contributed by atoms with Crippen LogP contribution in [0.25, 0.3) is 10.8 Å². The second kappa shape index (κ2) is 13.2. The van der Waals surface area contributed by atoms with E-state index in [4.69, 9.17) is 14.7 Å². The number of nitriles is 1. The van der Waals surface area contributed by atoms with Crippen molar-refractivity contribution in [1.82, 2.24) is 19.8 Å². The highest BCUT2D eigenvalue weighted by Crippen LogP contribution is 2.35. The maximum Gasteiger partial charge on any atom is 0.318 e. The van der Waals surface area contributed by atoms with E-state index in [1.165, 1.54) is 41.3 Å². The molecule has 3 aliphatic rings. The number of nitrogens with zero attached hydrogens (tertiary/aromatic N) is 7. The number of hydrogen-bond donors (Lipinski definition) is 0. The van der Waals surface area contributed by atoms with Crippen LogP contribution in [0.4, 0.5) is 11.5 Å². The van der Waals surface area contributed by atoms with Gasteiger partial charge in [-0.15, -0.1) is 0 Å². The van der Waals surface area contributed by atoms with Crippen LogP contribution in [0, 0.1) is 17.2 Å². The molecule has 1 aliphatic carbocycles. The number of aromatic nitrogens is 2. The lowest BCUT2D eigenvalue weighted by molar-refractivity contribution is 0.193. The van der Waals surface area contributed by atoms with E-state index in [-0.39, 0.29) is 6.04 Å². The summed E-state index contributed by atoms with van der Waals surface area (Å²) in [6.07, 6.45) is 10.4. The molecule has 0 amide bonds. The van der Waals surface area contributed by atoms with E-state index in [2.05, 4.69) is 94.5 Å². The molecule has 6 rings (SSSR count). The zero-order valence-corrected chi connectivity index (χ0v) is 26.0. The van der Waals surface area contributed by atoms with Gasteiger partial charge in [0, 0.05) is 48.9 Å². The highest BCUT2D eigenvalue weighted by Gasteiger charge is 2.32. The number of ether oxygens (including phenoxy) is 1. The Hall–Kier alpha value is -3.83. The predicted molar refractivity (Wildman–Crippen MR) is 173 cm³/mol. The molecule has 8 nitrogen and oxygen atoms in total. The summed E-state index contributed by atoms with van der Waals surface area (Å²) in [6.45, 7) is 6.78. The number of allylic oxidation sites excluding steroid dienone is 1. The first-order valence-electron chi connectivity index (χ1n) is 16.0. The van der Waals surface area contributed by atoms with Gasteiger partial charge in [0.2, 0.25) is 0 Å². The first kappa shape index (κ1) is 29.3. The number of fused-ring (bicyclic) bond motifs is 2. The average Bonchev–Trinajstić information content (AvgIpc) is 3.50. The van der Waals surface area contributed by atoms with Gasteiger partial charge in [-0.05, 0) is 70.3 Å². The van der Waals surface area contributed by atoms with Crippen LogP contribution in [-0.4, -0.2) is 78.7 Å². The standard InChI is InChI=1S/C35H45N7O/c1-4-19-40-21-22-42(24-28(40)15-18-36)34-30-16-20-41(33-14-7-10-26-9-5-6-12-29(26)33)25-31(30)37-35(38-34)43-23-17-27-11-8-13-32(27)39(2)3/h4-7,9-10,12,14,19,27-28,32H,8,11,13,15-17,20-25H2,1-3H3. The van der Waals surface area contributed by atoms with Gasteiger partial charge >= 0.3 is 6.01 Å². The van der Waals surface area contributed by atoms with Crippen LogP contribution in [-0.2, 0) is 13.0 Å². The summed E-state index contributed by atoms with van der Waals surface area (Å²) < 4.78 is 6.38. The summed E-state index contributed by atoms with van der Waals surface area (Å²) in [7, 11) is 4.39. The maximum atomic E-state index is 9.58. The third kappa shape index (κ3) is 6.28. The molecule has 3 atom stereocenters. The molecule has 43 heavy (non-hydrogen) atoms. The molecule has 8 heteroatoms. The van der Waals surface area contributed by atoms with Gasteiger partial charge in [0.15, 0.2) is 0 Å². The third-order valence-electron chi connectivity index (χ3n) is 9.63. The lowest BCUT2D eigenvalue weighted by Gasteiger charge is -2.42. The Morgan fingerprint density at radius 3 is 2.74 bits per heavy atom. The lowest BCUT2D eigenvalue weighted by Crippen LogP contribution is -2.51. The summed E-state index contributed by atoms with van der Waals surface area (Å²) in [5.41, 5.74) is 3.53. The van der Waals surface area contributed by atoms with Crippen LogP contribution >= 0.6 is 0 Å². The minimum absolute atomic E-state index is 0.131. The molecule has 1 aromatic heterocycles. The number of hydrogen-bond acceptors (Lipinski definition) is 8. The Balaban J connectivity index is 1.28. The number of rotatable bonds is 9. The Kier molecular flexibility index (Phi) is 8.99. The van der Waals surface area contributed by atoms with Crippen molar-refractivity contribution >= 4 is 22.3 Å². The fourth-order valence-electron chi connectivity index (χ4n) is 7.48. The fourth-order valence-corrected chi connectivity index (χ4v) is 7.48. The molecule has 3 aromatic rings. The molecular weight excluding hydrogens is 534 g/mol. The lowest BCUT2D eigenvalue weighted by atomic mass is 9.99. The topological polar surface area (TPSA) is 71.8 Å². The summed E-state index contributed by atoms with van der Waals surface area (Å²) in [4.78, 5) is 19.6. The molecule has 3 heterocycles. The van der Waals surface area contributed by atoms with Gasteiger partial charge in [0.25, 0.3) is 0 Å². The van der Waals surface area contributed by atoms with Gasteiger partial charge in [-0.1, -0.05) is 48.9 Å². The van der Waals surface area contributed by atoms with Crippen molar-refractivity contribution in [3.63, 3.8) is 0 Å². The average molecular weight is 580 g/mol. The monoisotopic (exact) mass is 579 g/mol. The van der Waals surface area contributed by atoms with Crippen LogP contribution in [0.15, 0.2) is 54.7 Å². The molecule has 0 bridgehead atoms. The van der Waals surface area contributed by atoms with Gasteiger partial charge in [0.05, 0.1) is 37.4 Å². The van der Waals surface area contributed by atoms with Crippen LogP contribution in [0.2, 0.25) is 0 Å². The molecule has 2 aromatic carbocycles. The third-order valence-corrected chi connectivity index (χ3v) is 9.63. The Morgan fingerprint density at radius 2 is 1.91 bits per heavy atom. The van der Waals surface area contributed by atoms with Crippen LogP contribution < -0.4 is 14.5 Å². The largest absolute Gasteiger partial charge is 0.463 e. The SMILES string of the molecule is CC=CN1CCN(c2nc(OCCC3CCCC3N(C)C)nc3c2CCN(c2cccc4ccccc24)C3)CC1CC#N. The summed E-state index contributed by atoms with van der Waals surface area (Å²) >= 11 is 0.